The molecule has 0 aromatic carbocycles. The Morgan fingerprint density at radius 3 is 2.62 bits per heavy atom. The van der Waals surface area contributed by atoms with Gasteiger partial charge >= 0.3 is 6.09 Å². The zero-order valence-electron chi connectivity index (χ0n) is 20.0. The highest BCUT2D eigenvalue weighted by atomic mass is 32.1. The smallest absolute Gasteiger partial charge is 0.411 e. The summed E-state index contributed by atoms with van der Waals surface area (Å²) in [5, 5.41) is 2.05. The van der Waals surface area contributed by atoms with Crippen molar-refractivity contribution in [3.8, 4) is 0 Å². The first kappa shape index (κ1) is 25.0. The number of carbonyl (C=O) groups is 2. The van der Waals surface area contributed by atoms with Crippen LogP contribution in [0.3, 0.4) is 0 Å². The third-order valence-electron chi connectivity index (χ3n) is 5.58. The van der Waals surface area contributed by atoms with E-state index in [0.29, 0.717) is 13.0 Å². The van der Waals surface area contributed by atoms with Gasteiger partial charge in [0.25, 0.3) is 0 Å². The monoisotopic (exact) mass is 468 g/mol. The van der Waals surface area contributed by atoms with Gasteiger partial charge in [0.15, 0.2) is 6.29 Å². The van der Waals surface area contributed by atoms with Gasteiger partial charge in [-0.15, -0.1) is 11.3 Å². The Labute approximate surface area is 194 Å². The lowest BCUT2D eigenvalue weighted by atomic mass is 9.92. The number of hydrogen-bond acceptors (Lipinski definition) is 7. The molecule has 3 unspecified atom stereocenters. The number of likely N-dealkylation sites (N-methyl/N-ethyl adjacent to an activating group) is 1. The van der Waals surface area contributed by atoms with E-state index in [1.807, 2.05) is 20.8 Å². The zero-order chi connectivity index (χ0) is 23.5. The van der Waals surface area contributed by atoms with E-state index in [9.17, 15) is 9.59 Å². The summed E-state index contributed by atoms with van der Waals surface area (Å²) in [5.74, 6) is -0.164. The van der Waals surface area contributed by atoms with E-state index < -0.39 is 17.7 Å². The Bertz CT molecular complexity index is 797. The number of rotatable bonds is 6. The largest absolute Gasteiger partial charge is 0.444 e. The topological polar surface area (TPSA) is 77.5 Å². The zero-order valence-corrected chi connectivity index (χ0v) is 20.8. The molecule has 1 fully saturated rings. The molecule has 3 rings (SSSR count). The molecule has 2 aliphatic rings. The summed E-state index contributed by atoms with van der Waals surface area (Å²) in [4.78, 5) is 30.4. The summed E-state index contributed by atoms with van der Waals surface area (Å²) in [7, 11) is 5.03. The highest BCUT2D eigenvalue weighted by molar-refractivity contribution is 7.10. The Balaban J connectivity index is 1.88. The van der Waals surface area contributed by atoms with Crippen LogP contribution in [0.5, 0.6) is 0 Å². The molecule has 32 heavy (non-hydrogen) atoms. The van der Waals surface area contributed by atoms with Gasteiger partial charge in [-0.25, -0.2) is 4.79 Å². The van der Waals surface area contributed by atoms with Crippen molar-refractivity contribution in [2.75, 3.05) is 41.0 Å². The SMILES string of the molecule is COC1CN(C(=O)OC(C)(C)C)C(C(=O)N(C)C)c2c(CCOC3CCCCO3)csc21. The molecule has 2 aliphatic heterocycles. The number of fused-ring (bicyclic) bond motifs is 1. The van der Waals surface area contributed by atoms with Crippen molar-refractivity contribution < 1.29 is 28.5 Å². The highest BCUT2D eigenvalue weighted by Gasteiger charge is 2.44. The van der Waals surface area contributed by atoms with Gasteiger partial charge in [0.1, 0.15) is 17.7 Å². The van der Waals surface area contributed by atoms with Gasteiger partial charge in [0, 0.05) is 38.3 Å². The number of thiophene rings is 1. The van der Waals surface area contributed by atoms with Crippen molar-refractivity contribution in [2.24, 2.45) is 0 Å². The van der Waals surface area contributed by atoms with Gasteiger partial charge in [-0.05, 0) is 57.4 Å². The van der Waals surface area contributed by atoms with Crippen molar-refractivity contribution in [3.05, 3.63) is 21.4 Å². The number of methoxy groups -OCH3 is 1. The van der Waals surface area contributed by atoms with Crippen LogP contribution in [0.4, 0.5) is 4.79 Å². The minimum absolute atomic E-state index is 0.164. The normalized spacial score (nSPS) is 23.6. The van der Waals surface area contributed by atoms with Gasteiger partial charge in [-0.1, -0.05) is 0 Å². The lowest BCUT2D eigenvalue weighted by Crippen LogP contribution is -2.49. The second-order valence-electron chi connectivity index (χ2n) is 9.45. The van der Waals surface area contributed by atoms with Crippen LogP contribution in [-0.2, 0) is 30.2 Å². The van der Waals surface area contributed by atoms with E-state index in [0.717, 1.165) is 41.9 Å². The van der Waals surface area contributed by atoms with Crippen LogP contribution in [0.1, 0.15) is 68.2 Å². The Kier molecular flexibility index (Phi) is 8.19. The summed E-state index contributed by atoms with van der Waals surface area (Å²) in [6, 6.07) is -0.756. The van der Waals surface area contributed by atoms with Gasteiger partial charge < -0.3 is 23.8 Å². The summed E-state index contributed by atoms with van der Waals surface area (Å²) in [5.41, 5.74) is 1.17. The van der Waals surface area contributed by atoms with Crippen molar-refractivity contribution in [2.45, 2.75) is 70.5 Å². The minimum atomic E-state index is -0.756. The molecule has 0 radical (unpaired) electrons. The van der Waals surface area contributed by atoms with Crippen molar-refractivity contribution in [3.63, 3.8) is 0 Å². The van der Waals surface area contributed by atoms with Crippen LogP contribution in [0.2, 0.25) is 0 Å². The van der Waals surface area contributed by atoms with Crippen LogP contribution < -0.4 is 0 Å². The molecule has 2 amide bonds. The molecule has 1 aromatic rings. The maximum atomic E-state index is 13.3. The lowest BCUT2D eigenvalue weighted by Gasteiger charge is -2.40. The molecule has 0 saturated carbocycles. The fourth-order valence-electron chi connectivity index (χ4n) is 4.02. The average Bonchev–Trinajstić information content (AvgIpc) is 3.15. The molecule has 0 bridgehead atoms. The van der Waals surface area contributed by atoms with Gasteiger partial charge in [-0.3, -0.25) is 9.69 Å². The van der Waals surface area contributed by atoms with Crippen LogP contribution >= 0.6 is 11.3 Å². The summed E-state index contributed by atoms with van der Waals surface area (Å²) >= 11 is 1.57. The Morgan fingerprint density at radius 2 is 2.03 bits per heavy atom. The van der Waals surface area contributed by atoms with E-state index >= 15 is 0 Å². The summed E-state index contributed by atoms with van der Waals surface area (Å²) in [6.45, 7) is 6.93. The first-order valence-electron chi connectivity index (χ1n) is 11.2. The predicted molar refractivity (Wildman–Crippen MR) is 122 cm³/mol. The summed E-state index contributed by atoms with van der Waals surface area (Å²) < 4.78 is 23.0. The molecule has 9 heteroatoms. The maximum Gasteiger partial charge on any atom is 0.411 e. The number of nitrogens with zero attached hydrogens (tertiary/aromatic N) is 2. The molecule has 8 nitrogen and oxygen atoms in total. The number of hydrogen-bond donors (Lipinski definition) is 0. The minimum Gasteiger partial charge on any atom is -0.444 e. The second kappa shape index (κ2) is 10.5. The fourth-order valence-corrected chi connectivity index (χ4v) is 5.23. The molecule has 1 saturated heterocycles. The number of carbonyl (C=O) groups excluding carboxylic acids is 2. The molecule has 3 heterocycles. The second-order valence-corrected chi connectivity index (χ2v) is 10.4. The van der Waals surface area contributed by atoms with E-state index in [1.165, 1.54) is 9.80 Å². The van der Waals surface area contributed by atoms with Gasteiger partial charge in [0.2, 0.25) is 5.91 Å². The Morgan fingerprint density at radius 1 is 1.28 bits per heavy atom. The van der Waals surface area contributed by atoms with E-state index in [2.05, 4.69) is 5.38 Å². The molecule has 1 aromatic heterocycles. The fraction of sp³-hybridized carbons (Fsp3) is 0.739. The molecule has 3 atom stereocenters. The van der Waals surface area contributed by atoms with E-state index in [4.69, 9.17) is 18.9 Å². The van der Waals surface area contributed by atoms with E-state index in [1.54, 1.807) is 32.5 Å². The van der Waals surface area contributed by atoms with Gasteiger partial charge in [-0.2, -0.15) is 0 Å². The lowest BCUT2D eigenvalue weighted by molar-refractivity contribution is -0.161. The van der Waals surface area contributed by atoms with Crippen molar-refractivity contribution in [1.82, 2.24) is 9.80 Å². The van der Waals surface area contributed by atoms with Crippen molar-refractivity contribution >= 4 is 23.3 Å². The van der Waals surface area contributed by atoms with Crippen LogP contribution in [0.15, 0.2) is 5.38 Å². The molecular formula is C23H36N2O6S. The van der Waals surface area contributed by atoms with Gasteiger partial charge in [0.05, 0.1) is 13.2 Å². The number of amides is 2. The Hall–Kier alpha value is -1.68. The summed E-state index contributed by atoms with van der Waals surface area (Å²) in [6.07, 6.45) is 2.72. The van der Waals surface area contributed by atoms with E-state index in [-0.39, 0.29) is 24.8 Å². The molecule has 0 aliphatic carbocycles. The molecular weight excluding hydrogens is 432 g/mol. The third-order valence-corrected chi connectivity index (χ3v) is 6.72. The first-order valence-corrected chi connectivity index (χ1v) is 12.1. The standard InChI is InChI=1S/C23H36N2O6S/c1-23(2,3)31-22(27)25-13-16(28-6)20-18(19(25)21(26)24(4)5)15(14-32-20)10-12-30-17-9-7-8-11-29-17/h14,16-17,19H,7-13H2,1-6H3. The maximum absolute atomic E-state index is 13.3. The molecule has 0 N–H and O–H groups in total. The van der Waals surface area contributed by atoms with Crippen LogP contribution in [0, 0.1) is 0 Å². The third kappa shape index (κ3) is 5.81. The first-order chi connectivity index (χ1) is 15.1. The predicted octanol–water partition coefficient (Wildman–Crippen LogP) is 3.90. The highest BCUT2D eigenvalue weighted by Crippen LogP contribution is 2.43. The molecule has 0 spiro atoms. The average molecular weight is 469 g/mol. The quantitative estimate of drug-likeness (QED) is 0.630. The van der Waals surface area contributed by atoms with Crippen LogP contribution in [-0.4, -0.2) is 74.7 Å². The number of ether oxygens (including phenoxy) is 4. The van der Waals surface area contributed by atoms with Crippen molar-refractivity contribution in [1.29, 1.82) is 0 Å². The van der Waals surface area contributed by atoms with Crippen LogP contribution in [0.25, 0.3) is 0 Å². The molecule has 180 valence electrons.